The third-order valence-corrected chi connectivity index (χ3v) is 20.9. The van der Waals surface area contributed by atoms with Crippen LogP contribution in [0.3, 0.4) is 0 Å². The Morgan fingerprint density at radius 3 is 0.768 bits per heavy atom. The SMILES string of the molecule is CCCCCCCCCCCCCCCCCCCCCCCC(=O)O[C@H](COC(=O)CCCCCCCCCCCCCC(C)C)COP(=O)(O)OC[C@@H](O)COP(=O)(O)OC[C@@H](COC(=O)CCCCCCCCCCC(C)CC)OC(=O)CCCCCCCCCCCC(C)C. The Morgan fingerprint density at radius 1 is 0.293 bits per heavy atom. The van der Waals surface area contributed by atoms with E-state index in [-0.39, 0.29) is 25.7 Å². The van der Waals surface area contributed by atoms with Gasteiger partial charge in [-0.05, 0) is 43.4 Å². The van der Waals surface area contributed by atoms with E-state index in [1.807, 2.05) is 0 Å². The molecule has 0 fully saturated rings. The number of phosphoric acid groups is 2. The highest BCUT2D eigenvalue weighted by Gasteiger charge is 2.30. The summed E-state index contributed by atoms with van der Waals surface area (Å²) in [7, 11) is -9.92. The number of ether oxygens (including phenoxy) is 4. The van der Waals surface area contributed by atoms with Crippen LogP contribution in [0.4, 0.5) is 0 Å². The molecule has 99 heavy (non-hydrogen) atoms. The Labute approximate surface area is 607 Å². The van der Waals surface area contributed by atoms with Gasteiger partial charge in [0, 0.05) is 25.7 Å². The maximum atomic E-state index is 13.1. The second-order valence-corrected chi connectivity index (χ2v) is 32.9. The topological polar surface area (TPSA) is 237 Å². The highest BCUT2D eigenvalue weighted by Crippen LogP contribution is 2.45. The number of hydrogen-bond acceptors (Lipinski definition) is 15. The highest BCUT2D eigenvalue weighted by molar-refractivity contribution is 7.47. The van der Waals surface area contributed by atoms with Gasteiger partial charge in [-0.25, -0.2) is 9.13 Å². The van der Waals surface area contributed by atoms with Crippen molar-refractivity contribution in [1.82, 2.24) is 0 Å². The van der Waals surface area contributed by atoms with Crippen molar-refractivity contribution in [2.45, 2.75) is 433 Å². The van der Waals surface area contributed by atoms with E-state index in [2.05, 4.69) is 48.5 Å². The molecule has 0 bridgehead atoms. The molecule has 588 valence electrons. The van der Waals surface area contributed by atoms with E-state index in [1.165, 1.54) is 225 Å². The van der Waals surface area contributed by atoms with Gasteiger partial charge in [-0.2, -0.15) is 0 Å². The summed E-state index contributed by atoms with van der Waals surface area (Å²) in [5.74, 6) is 0.170. The van der Waals surface area contributed by atoms with Gasteiger partial charge >= 0.3 is 39.5 Å². The normalized spacial score (nSPS) is 14.3. The minimum absolute atomic E-state index is 0.105. The molecule has 0 aliphatic carbocycles. The molecule has 0 aliphatic rings. The van der Waals surface area contributed by atoms with Gasteiger partial charge in [0.05, 0.1) is 26.4 Å². The smallest absolute Gasteiger partial charge is 0.462 e. The van der Waals surface area contributed by atoms with E-state index in [0.29, 0.717) is 25.7 Å². The van der Waals surface area contributed by atoms with Crippen molar-refractivity contribution in [3.8, 4) is 0 Å². The summed E-state index contributed by atoms with van der Waals surface area (Å²) in [6.07, 6.45) is 58.3. The standard InChI is InChI=1S/C80H156O17P2/c1-8-10-11-12-13-14-15-16-17-18-19-20-21-22-23-24-27-33-42-49-56-63-79(84)96-75(67-90-77(82)61-54-47-40-32-28-25-26-30-37-44-51-58-71(3)4)69-94-98(86,87)92-65-74(81)66-93-99(88,89)95-70-76(97-80(85)64-57-50-43-34-29-31-38-45-52-59-72(5)6)68-91-78(83)62-55-48-41-36-35-39-46-53-60-73(7)9-2/h71-76,81H,8-70H2,1-7H3,(H,86,87)(H,88,89)/t73?,74-,75-,76-/m1/s1. The van der Waals surface area contributed by atoms with E-state index in [9.17, 15) is 43.2 Å². The van der Waals surface area contributed by atoms with Gasteiger partial charge in [-0.1, -0.05) is 363 Å². The molecule has 6 atom stereocenters. The van der Waals surface area contributed by atoms with E-state index in [0.717, 1.165) is 108 Å². The fraction of sp³-hybridized carbons (Fsp3) is 0.950. The monoisotopic (exact) mass is 1450 g/mol. The highest BCUT2D eigenvalue weighted by atomic mass is 31.2. The summed E-state index contributed by atoms with van der Waals surface area (Å²) in [5, 5.41) is 10.6. The van der Waals surface area contributed by atoms with Crippen LogP contribution in [0.1, 0.15) is 414 Å². The maximum Gasteiger partial charge on any atom is 0.472 e. The van der Waals surface area contributed by atoms with Crippen LogP contribution in [-0.4, -0.2) is 96.7 Å². The Hall–Kier alpha value is -1.94. The van der Waals surface area contributed by atoms with E-state index >= 15 is 0 Å². The van der Waals surface area contributed by atoms with Gasteiger partial charge < -0.3 is 33.8 Å². The predicted octanol–water partition coefficient (Wildman–Crippen LogP) is 23.7. The van der Waals surface area contributed by atoms with Gasteiger partial charge in [0.1, 0.15) is 19.3 Å². The molecule has 0 aliphatic heterocycles. The number of aliphatic hydroxyl groups is 1. The second kappa shape index (κ2) is 70.4. The minimum Gasteiger partial charge on any atom is -0.462 e. The molecule has 0 radical (unpaired) electrons. The van der Waals surface area contributed by atoms with Crippen LogP contribution in [0.15, 0.2) is 0 Å². The number of aliphatic hydroxyl groups excluding tert-OH is 1. The third kappa shape index (κ3) is 72.8. The average Bonchev–Trinajstić information content (AvgIpc) is 1.11. The molecule has 0 heterocycles. The first kappa shape index (κ1) is 97.1. The number of unbranched alkanes of at least 4 members (excludes halogenated alkanes) is 45. The first-order chi connectivity index (χ1) is 47.8. The van der Waals surface area contributed by atoms with Gasteiger partial charge in [0.25, 0.3) is 0 Å². The molecule has 19 heteroatoms. The van der Waals surface area contributed by atoms with Crippen LogP contribution in [0.25, 0.3) is 0 Å². The zero-order valence-electron chi connectivity index (χ0n) is 65.0. The van der Waals surface area contributed by atoms with Gasteiger partial charge in [-0.3, -0.25) is 37.3 Å². The van der Waals surface area contributed by atoms with Crippen molar-refractivity contribution in [2.24, 2.45) is 17.8 Å². The third-order valence-electron chi connectivity index (χ3n) is 19.0. The van der Waals surface area contributed by atoms with Crippen LogP contribution in [0, 0.1) is 17.8 Å². The zero-order valence-corrected chi connectivity index (χ0v) is 66.8. The molecule has 0 rings (SSSR count). The number of esters is 4. The van der Waals surface area contributed by atoms with Gasteiger partial charge in [0.2, 0.25) is 0 Å². The molecule has 0 saturated heterocycles. The Morgan fingerprint density at radius 2 is 0.515 bits per heavy atom. The Kier molecular flexibility index (Phi) is 69.0. The van der Waals surface area contributed by atoms with Gasteiger partial charge in [0.15, 0.2) is 12.2 Å². The first-order valence-corrected chi connectivity index (χ1v) is 44.4. The molecule has 0 aromatic rings. The van der Waals surface area contributed by atoms with Gasteiger partial charge in [-0.15, -0.1) is 0 Å². The van der Waals surface area contributed by atoms with Crippen molar-refractivity contribution in [3.63, 3.8) is 0 Å². The summed E-state index contributed by atoms with van der Waals surface area (Å²) in [6, 6.07) is 0. The summed E-state index contributed by atoms with van der Waals surface area (Å²) in [4.78, 5) is 73.0. The van der Waals surface area contributed by atoms with E-state index in [4.69, 9.17) is 37.0 Å². The average molecular weight is 1450 g/mol. The van der Waals surface area contributed by atoms with Crippen LogP contribution < -0.4 is 0 Å². The van der Waals surface area contributed by atoms with Crippen molar-refractivity contribution < 1.29 is 80.2 Å². The summed E-state index contributed by atoms with van der Waals surface area (Å²) in [6.45, 7) is 11.9. The minimum atomic E-state index is -4.96. The number of phosphoric ester groups is 2. The molecule has 0 amide bonds. The molecule has 0 spiro atoms. The van der Waals surface area contributed by atoms with Crippen LogP contribution >= 0.6 is 15.6 Å². The second-order valence-electron chi connectivity index (χ2n) is 30.0. The first-order valence-electron chi connectivity index (χ1n) is 41.4. The van der Waals surface area contributed by atoms with Crippen LogP contribution in [0.2, 0.25) is 0 Å². The summed E-state index contributed by atoms with van der Waals surface area (Å²) >= 11 is 0. The molecule has 17 nitrogen and oxygen atoms in total. The lowest BCUT2D eigenvalue weighted by Crippen LogP contribution is -2.30. The van der Waals surface area contributed by atoms with Crippen LogP contribution in [-0.2, 0) is 65.4 Å². The zero-order chi connectivity index (χ0) is 73.0. The fourth-order valence-electron chi connectivity index (χ4n) is 12.3. The molecule has 0 aromatic heterocycles. The van der Waals surface area contributed by atoms with Crippen molar-refractivity contribution >= 4 is 39.5 Å². The lowest BCUT2D eigenvalue weighted by Gasteiger charge is -2.21. The summed E-state index contributed by atoms with van der Waals surface area (Å²) < 4.78 is 68.7. The van der Waals surface area contributed by atoms with Crippen molar-refractivity contribution in [2.75, 3.05) is 39.6 Å². The lowest BCUT2D eigenvalue weighted by atomic mass is 9.99. The largest absolute Gasteiger partial charge is 0.472 e. The molecule has 3 unspecified atom stereocenters. The number of hydrogen-bond donors (Lipinski definition) is 3. The molecule has 0 aromatic carbocycles. The number of rotatable bonds is 78. The number of carbonyl (C=O) groups excluding carboxylic acids is 4. The van der Waals surface area contributed by atoms with E-state index in [1.54, 1.807) is 0 Å². The molecular weight excluding hydrogens is 1290 g/mol. The lowest BCUT2D eigenvalue weighted by molar-refractivity contribution is -0.161. The maximum absolute atomic E-state index is 13.1. The Balaban J connectivity index is 5.23. The molecular formula is C80H156O17P2. The molecule has 3 N–H and O–H groups in total. The summed E-state index contributed by atoms with van der Waals surface area (Å²) in [5.41, 5.74) is 0. The van der Waals surface area contributed by atoms with E-state index < -0.39 is 97.5 Å². The molecule has 0 saturated carbocycles. The quantitative estimate of drug-likeness (QED) is 0.0222. The predicted molar refractivity (Wildman–Crippen MR) is 405 cm³/mol. The number of carbonyl (C=O) groups is 4. The fourth-order valence-corrected chi connectivity index (χ4v) is 13.9. The van der Waals surface area contributed by atoms with Crippen molar-refractivity contribution in [1.29, 1.82) is 0 Å². The van der Waals surface area contributed by atoms with Crippen molar-refractivity contribution in [3.05, 3.63) is 0 Å². The van der Waals surface area contributed by atoms with Crippen LogP contribution in [0.5, 0.6) is 0 Å². The Bertz CT molecular complexity index is 1920.